The molecule has 114 valence electrons. The van der Waals surface area contributed by atoms with Crippen molar-refractivity contribution in [3.63, 3.8) is 0 Å². The second-order valence-electron chi connectivity index (χ2n) is 4.94. The topological polar surface area (TPSA) is 54.5 Å². The van der Waals surface area contributed by atoms with Crippen LogP contribution in [0.4, 0.5) is 11.5 Å². The SMILES string of the molecule is O=C(Nc1cccc(Cl)c1)c1cccnc1N1CCOCC1. The third-order valence-corrected chi connectivity index (χ3v) is 3.66. The first-order valence-corrected chi connectivity index (χ1v) is 7.46. The van der Waals surface area contributed by atoms with Crippen LogP contribution in [0.15, 0.2) is 42.6 Å². The standard InChI is InChI=1S/C16H16ClN3O2/c17-12-3-1-4-13(11-12)19-16(21)14-5-2-6-18-15(14)20-7-9-22-10-8-20/h1-6,11H,7-10H2,(H,19,21). The van der Waals surface area contributed by atoms with Gasteiger partial charge in [-0.05, 0) is 30.3 Å². The number of hydrogen-bond donors (Lipinski definition) is 1. The maximum Gasteiger partial charge on any atom is 0.259 e. The van der Waals surface area contributed by atoms with E-state index in [-0.39, 0.29) is 5.91 Å². The highest BCUT2D eigenvalue weighted by Crippen LogP contribution is 2.21. The van der Waals surface area contributed by atoms with Gasteiger partial charge in [-0.25, -0.2) is 4.98 Å². The normalized spacial score (nSPS) is 14.7. The monoisotopic (exact) mass is 317 g/mol. The maximum absolute atomic E-state index is 12.5. The molecular formula is C16H16ClN3O2. The summed E-state index contributed by atoms with van der Waals surface area (Å²) in [6.07, 6.45) is 1.70. The molecule has 1 fully saturated rings. The van der Waals surface area contributed by atoms with Gasteiger partial charge in [0.2, 0.25) is 0 Å². The number of rotatable bonds is 3. The predicted octanol–water partition coefficient (Wildman–Crippen LogP) is 2.82. The van der Waals surface area contributed by atoms with E-state index in [0.29, 0.717) is 35.3 Å². The van der Waals surface area contributed by atoms with Crippen molar-refractivity contribution in [2.75, 3.05) is 36.5 Å². The number of morpholine rings is 1. The fourth-order valence-corrected chi connectivity index (χ4v) is 2.56. The lowest BCUT2D eigenvalue weighted by Crippen LogP contribution is -2.38. The zero-order chi connectivity index (χ0) is 15.4. The Hall–Kier alpha value is -2.11. The molecule has 1 aliphatic rings. The average molecular weight is 318 g/mol. The number of anilines is 2. The van der Waals surface area contributed by atoms with Gasteiger partial charge in [0.25, 0.3) is 5.91 Å². The molecular weight excluding hydrogens is 302 g/mol. The van der Waals surface area contributed by atoms with Gasteiger partial charge in [0, 0.05) is 30.0 Å². The molecule has 0 aliphatic carbocycles. The molecule has 22 heavy (non-hydrogen) atoms. The van der Waals surface area contributed by atoms with E-state index < -0.39 is 0 Å². The number of aromatic nitrogens is 1. The number of halogens is 1. The zero-order valence-corrected chi connectivity index (χ0v) is 12.7. The second kappa shape index (κ2) is 6.77. The number of carbonyl (C=O) groups is 1. The van der Waals surface area contributed by atoms with Crippen LogP contribution in [0, 0.1) is 0 Å². The summed E-state index contributed by atoms with van der Waals surface area (Å²) in [6, 6.07) is 10.6. The van der Waals surface area contributed by atoms with Gasteiger partial charge in [0.1, 0.15) is 5.82 Å². The van der Waals surface area contributed by atoms with E-state index >= 15 is 0 Å². The fraction of sp³-hybridized carbons (Fsp3) is 0.250. The summed E-state index contributed by atoms with van der Waals surface area (Å²) < 4.78 is 5.35. The minimum absolute atomic E-state index is 0.197. The lowest BCUT2D eigenvalue weighted by molar-refractivity contribution is 0.102. The smallest absolute Gasteiger partial charge is 0.259 e. The number of carbonyl (C=O) groups excluding carboxylic acids is 1. The number of nitrogens with one attached hydrogen (secondary N) is 1. The lowest BCUT2D eigenvalue weighted by Gasteiger charge is -2.29. The van der Waals surface area contributed by atoms with Gasteiger partial charge in [0.15, 0.2) is 0 Å². The van der Waals surface area contributed by atoms with Crippen molar-refractivity contribution in [3.05, 3.63) is 53.2 Å². The third kappa shape index (κ3) is 3.37. The van der Waals surface area contributed by atoms with Crippen LogP contribution < -0.4 is 10.2 Å². The minimum atomic E-state index is -0.197. The number of hydrogen-bond acceptors (Lipinski definition) is 4. The molecule has 3 rings (SSSR count). The molecule has 0 saturated carbocycles. The van der Waals surface area contributed by atoms with E-state index in [1.54, 1.807) is 42.6 Å². The summed E-state index contributed by atoms with van der Waals surface area (Å²) in [4.78, 5) is 19.0. The van der Waals surface area contributed by atoms with Crippen LogP contribution in [-0.2, 0) is 4.74 Å². The van der Waals surface area contributed by atoms with Crippen molar-refractivity contribution in [3.8, 4) is 0 Å². The van der Waals surface area contributed by atoms with Crippen LogP contribution in [0.1, 0.15) is 10.4 Å². The van der Waals surface area contributed by atoms with E-state index in [4.69, 9.17) is 16.3 Å². The molecule has 2 heterocycles. The highest BCUT2D eigenvalue weighted by Gasteiger charge is 2.19. The second-order valence-corrected chi connectivity index (χ2v) is 5.37. The zero-order valence-electron chi connectivity index (χ0n) is 12.0. The van der Waals surface area contributed by atoms with Crippen molar-refractivity contribution in [2.45, 2.75) is 0 Å². The molecule has 1 aliphatic heterocycles. The quantitative estimate of drug-likeness (QED) is 0.946. The molecule has 1 aromatic carbocycles. The van der Waals surface area contributed by atoms with Gasteiger partial charge in [-0.1, -0.05) is 17.7 Å². The van der Waals surface area contributed by atoms with Gasteiger partial charge < -0.3 is 15.0 Å². The summed E-state index contributed by atoms with van der Waals surface area (Å²) in [7, 11) is 0. The molecule has 1 aromatic heterocycles. The van der Waals surface area contributed by atoms with Crippen LogP contribution in [-0.4, -0.2) is 37.2 Å². The Labute approximate surface area is 133 Å². The first-order valence-electron chi connectivity index (χ1n) is 7.09. The summed E-state index contributed by atoms with van der Waals surface area (Å²) in [5.74, 6) is 0.488. The van der Waals surface area contributed by atoms with Crippen molar-refractivity contribution in [1.82, 2.24) is 4.98 Å². The average Bonchev–Trinajstić information content (AvgIpc) is 2.56. The molecule has 5 nitrogen and oxygen atoms in total. The van der Waals surface area contributed by atoms with Crippen molar-refractivity contribution >= 4 is 29.0 Å². The molecule has 6 heteroatoms. The minimum Gasteiger partial charge on any atom is -0.378 e. The summed E-state index contributed by atoms with van der Waals surface area (Å²) >= 11 is 5.94. The number of pyridine rings is 1. The van der Waals surface area contributed by atoms with E-state index in [0.717, 1.165) is 13.1 Å². The summed E-state index contributed by atoms with van der Waals surface area (Å²) in [5.41, 5.74) is 1.21. The Balaban J connectivity index is 1.83. The molecule has 0 spiro atoms. The Morgan fingerprint density at radius 1 is 1.23 bits per heavy atom. The third-order valence-electron chi connectivity index (χ3n) is 3.42. The number of benzene rings is 1. The van der Waals surface area contributed by atoms with Gasteiger partial charge in [-0.3, -0.25) is 4.79 Å². The Kier molecular flexibility index (Phi) is 4.56. The molecule has 1 amide bonds. The van der Waals surface area contributed by atoms with Gasteiger partial charge in [-0.15, -0.1) is 0 Å². The van der Waals surface area contributed by atoms with Crippen molar-refractivity contribution in [1.29, 1.82) is 0 Å². The van der Waals surface area contributed by atoms with Crippen LogP contribution in [0.2, 0.25) is 5.02 Å². The van der Waals surface area contributed by atoms with Crippen LogP contribution >= 0.6 is 11.6 Å². The largest absolute Gasteiger partial charge is 0.378 e. The van der Waals surface area contributed by atoms with E-state index in [2.05, 4.69) is 15.2 Å². The van der Waals surface area contributed by atoms with Gasteiger partial charge >= 0.3 is 0 Å². The van der Waals surface area contributed by atoms with E-state index in [1.807, 2.05) is 0 Å². The molecule has 1 N–H and O–H groups in total. The highest BCUT2D eigenvalue weighted by atomic mass is 35.5. The van der Waals surface area contributed by atoms with Crippen LogP contribution in [0.25, 0.3) is 0 Å². The van der Waals surface area contributed by atoms with Gasteiger partial charge in [0.05, 0.1) is 18.8 Å². The van der Waals surface area contributed by atoms with Crippen molar-refractivity contribution < 1.29 is 9.53 Å². The van der Waals surface area contributed by atoms with E-state index in [9.17, 15) is 4.79 Å². The summed E-state index contributed by atoms with van der Waals surface area (Å²) in [5, 5.41) is 3.44. The Morgan fingerprint density at radius 2 is 2.05 bits per heavy atom. The lowest BCUT2D eigenvalue weighted by atomic mass is 10.2. The summed E-state index contributed by atoms with van der Waals surface area (Å²) in [6.45, 7) is 2.75. The molecule has 0 radical (unpaired) electrons. The molecule has 0 unspecified atom stereocenters. The number of ether oxygens (including phenoxy) is 1. The first kappa shape index (κ1) is 14.8. The number of nitrogens with zero attached hydrogens (tertiary/aromatic N) is 2. The Bertz CT molecular complexity index is 672. The predicted molar refractivity (Wildman–Crippen MR) is 86.7 cm³/mol. The molecule has 1 saturated heterocycles. The van der Waals surface area contributed by atoms with Crippen LogP contribution in [0.3, 0.4) is 0 Å². The maximum atomic E-state index is 12.5. The highest BCUT2D eigenvalue weighted by molar-refractivity contribution is 6.31. The molecule has 0 bridgehead atoms. The van der Waals surface area contributed by atoms with E-state index in [1.165, 1.54) is 0 Å². The molecule has 2 aromatic rings. The number of amides is 1. The van der Waals surface area contributed by atoms with Crippen molar-refractivity contribution in [2.24, 2.45) is 0 Å². The fourth-order valence-electron chi connectivity index (χ4n) is 2.37. The van der Waals surface area contributed by atoms with Crippen LogP contribution in [0.5, 0.6) is 0 Å². The van der Waals surface area contributed by atoms with Gasteiger partial charge in [-0.2, -0.15) is 0 Å². The Morgan fingerprint density at radius 3 is 2.82 bits per heavy atom. The molecule has 0 atom stereocenters. The first-order chi connectivity index (χ1) is 10.7.